The predicted molar refractivity (Wildman–Crippen MR) is 86.4 cm³/mol. The van der Waals surface area contributed by atoms with Gasteiger partial charge in [-0.1, -0.05) is 36.4 Å². The van der Waals surface area contributed by atoms with Crippen molar-refractivity contribution in [2.75, 3.05) is 0 Å². The third kappa shape index (κ3) is 3.01. The third-order valence-electron chi connectivity index (χ3n) is 3.28. The Morgan fingerprint density at radius 1 is 1.14 bits per heavy atom. The minimum Gasteiger partial charge on any atom is -0.341 e. The zero-order chi connectivity index (χ0) is 15.4. The standard InChI is InChI=1S/C18H15N3O/c1-13-17(16(22)10-9-14-6-5-11-19-12-14)21-18(20-13)15-7-3-2-4-8-15/h2-12H,1H3,(H,20,21)/b10-9+. The molecule has 0 atom stereocenters. The van der Waals surface area contributed by atoms with Crippen molar-refractivity contribution in [1.29, 1.82) is 0 Å². The number of carbonyl (C=O) groups is 1. The Balaban J connectivity index is 1.85. The normalized spacial score (nSPS) is 11.0. The van der Waals surface area contributed by atoms with Crippen LogP contribution in [0.5, 0.6) is 0 Å². The molecule has 0 fully saturated rings. The maximum absolute atomic E-state index is 12.3. The molecule has 0 radical (unpaired) electrons. The summed E-state index contributed by atoms with van der Waals surface area (Å²) in [5.41, 5.74) is 3.05. The molecule has 108 valence electrons. The van der Waals surface area contributed by atoms with Crippen molar-refractivity contribution in [1.82, 2.24) is 15.0 Å². The number of H-pyrrole nitrogens is 1. The maximum Gasteiger partial charge on any atom is 0.206 e. The minimum atomic E-state index is -0.125. The molecule has 0 unspecified atom stereocenters. The Hall–Kier alpha value is -3.01. The number of carbonyl (C=O) groups excluding carboxylic acids is 1. The van der Waals surface area contributed by atoms with Gasteiger partial charge in [0.25, 0.3) is 0 Å². The first-order valence-electron chi connectivity index (χ1n) is 6.98. The van der Waals surface area contributed by atoms with Crippen molar-refractivity contribution < 1.29 is 4.79 Å². The molecule has 3 aromatic rings. The van der Waals surface area contributed by atoms with Crippen molar-refractivity contribution in [3.05, 3.63) is 77.9 Å². The van der Waals surface area contributed by atoms with E-state index in [0.717, 1.165) is 16.8 Å². The van der Waals surface area contributed by atoms with E-state index in [1.807, 2.05) is 49.4 Å². The number of nitrogens with one attached hydrogen (secondary N) is 1. The fourth-order valence-electron chi connectivity index (χ4n) is 2.16. The van der Waals surface area contributed by atoms with Crippen LogP contribution in [-0.2, 0) is 0 Å². The highest BCUT2D eigenvalue weighted by atomic mass is 16.1. The van der Waals surface area contributed by atoms with Crippen LogP contribution in [-0.4, -0.2) is 20.7 Å². The molecule has 22 heavy (non-hydrogen) atoms. The molecule has 1 aromatic carbocycles. The molecule has 0 aliphatic carbocycles. The predicted octanol–water partition coefficient (Wildman–Crippen LogP) is 3.68. The van der Waals surface area contributed by atoms with Crippen molar-refractivity contribution in [2.45, 2.75) is 6.92 Å². The van der Waals surface area contributed by atoms with Gasteiger partial charge in [-0.3, -0.25) is 9.78 Å². The van der Waals surface area contributed by atoms with Crippen LogP contribution in [0.15, 0.2) is 60.9 Å². The first kappa shape index (κ1) is 13.9. The fraction of sp³-hybridized carbons (Fsp3) is 0.0556. The smallest absolute Gasteiger partial charge is 0.206 e. The topological polar surface area (TPSA) is 58.6 Å². The van der Waals surface area contributed by atoms with Crippen molar-refractivity contribution in [3.8, 4) is 11.4 Å². The molecule has 2 heterocycles. The molecular weight excluding hydrogens is 274 g/mol. The van der Waals surface area contributed by atoms with Crippen molar-refractivity contribution in [3.63, 3.8) is 0 Å². The van der Waals surface area contributed by atoms with Gasteiger partial charge in [0, 0.05) is 23.7 Å². The number of benzene rings is 1. The van der Waals surface area contributed by atoms with E-state index < -0.39 is 0 Å². The molecule has 4 nitrogen and oxygen atoms in total. The zero-order valence-electron chi connectivity index (χ0n) is 12.2. The molecular formula is C18H15N3O. The second-order valence-corrected chi connectivity index (χ2v) is 4.91. The van der Waals surface area contributed by atoms with Gasteiger partial charge in [0.05, 0.1) is 0 Å². The second-order valence-electron chi connectivity index (χ2n) is 4.91. The van der Waals surface area contributed by atoms with Gasteiger partial charge in [-0.15, -0.1) is 0 Å². The van der Waals surface area contributed by atoms with Crippen LogP contribution in [0.4, 0.5) is 0 Å². The Bertz CT molecular complexity index is 805. The quantitative estimate of drug-likeness (QED) is 0.589. The summed E-state index contributed by atoms with van der Waals surface area (Å²) in [6, 6.07) is 13.5. The summed E-state index contributed by atoms with van der Waals surface area (Å²) >= 11 is 0. The lowest BCUT2D eigenvalue weighted by Gasteiger charge is -1.94. The van der Waals surface area contributed by atoms with E-state index in [-0.39, 0.29) is 5.78 Å². The Kier molecular flexibility index (Phi) is 3.92. The summed E-state index contributed by atoms with van der Waals surface area (Å²) in [6.07, 6.45) is 6.67. The number of aromatic nitrogens is 3. The molecule has 0 spiro atoms. The summed E-state index contributed by atoms with van der Waals surface area (Å²) in [7, 11) is 0. The average molecular weight is 289 g/mol. The molecule has 0 bridgehead atoms. The van der Waals surface area contributed by atoms with Crippen molar-refractivity contribution >= 4 is 11.9 Å². The van der Waals surface area contributed by atoms with Crippen molar-refractivity contribution in [2.24, 2.45) is 0 Å². The largest absolute Gasteiger partial charge is 0.341 e. The van der Waals surface area contributed by atoms with Gasteiger partial charge in [0.2, 0.25) is 5.78 Å². The summed E-state index contributed by atoms with van der Waals surface area (Å²) in [6.45, 7) is 1.85. The number of nitrogens with zero attached hydrogens (tertiary/aromatic N) is 2. The van der Waals surface area contributed by atoms with Crippen LogP contribution in [0, 0.1) is 6.92 Å². The lowest BCUT2D eigenvalue weighted by Crippen LogP contribution is -1.97. The Morgan fingerprint density at radius 3 is 2.68 bits per heavy atom. The SMILES string of the molecule is Cc1[nH]c(-c2ccccc2)nc1C(=O)/C=C/c1cccnc1. The summed E-state index contributed by atoms with van der Waals surface area (Å²) in [5.74, 6) is 0.580. The zero-order valence-corrected chi connectivity index (χ0v) is 12.2. The van der Waals surface area contributed by atoms with E-state index in [9.17, 15) is 4.79 Å². The molecule has 1 N–H and O–H groups in total. The van der Waals surface area contributed by atoms with Crippen LogP contribution >= 0.6 is 0 Å². The lowest BCUT2D eigenvalue weighted by molar-refractivity contribution is 0.104. The number of rotatable bonds is 4. The van der Waals surface area contributed by atoms with Gasteiger partial charge in [-0.2, -0.15) is 0 Å². The molecule has 0 amide bonds. The highest BCUT2D eigenvalue weighted by Gasteiger charge is 2.13. The number of aryl methyl sites for hydroxylation is 1. The minimum absolute atomic E-state index is 0.125. The lowest BCUT2D eigenvalue weighted by atomic mass is 10.2. The van der Waals surface area contributed by atoms with Crippen LogP contribution < -0.4 is 0 Å². The van der Waals surface area contributed by atoms with E-state index in [1.54, 1.807) is 18.5 Å². The number of allylic oxidation sites excluding steroid dienone is 1. The summed E-state index contributed by atoms with van der Waals surface area (Å²) < 4.78 is 0. The number of ketones is 1. The molecule has 4 heteroatoms. The highest BCUT2D eigenvalue weighted by Crippen LogP contribution is 2.18. The average Bonchev–Trinajstić information content (AvgIpc) is 2.96. The monoisotopic (exact) mass is 289 g/mol. The molecule has 0 saturated heterocycles. The molecule has 3 rings (SSSR count). The van der Waals surface area contributed by atoms with E-state index in [4.69, 9.17) is 0 Å². The van der Waals surface area contributed by atoms with E-state index in [1.165, 1.54) is 6.08 Å². The van der Waals surface area contributed by atoms with Gasteiger partial charge in [0.15, 0.2) is 0 Å². The first-order chi connectivity index (χ1) is 10.7. The van der Waals surface area contributed by atoms with E-state index in [0.29, 0.717) is 11.5 Å². The summed E-state index contributed by atoms with van der Waals surface area (Å²) in [4.78, 5) is 23.9. The number of hydrogen-bond donors (Lipinski definition) is 1. The molecule has 0 aliphatic rings. The van der Waals surface area contributed by atoms with Gasteiger partial charge in [-0.05, 0) is 30.7 Å². The highest BCUT2D eigenvalue weighted by molar-refractivity contribution is 6.06. The molecule has 0 saturated carbocycles. The fourth-order valence-corrected chi connectivity index (χ4v) is 2.16. The number of pyridine rings is 1. The van der Waals surface area contributed by atoms with E-state index in [2.05, 4.69) is 15.0 Å². The van der Waals surface area contributed by atoms with Crippen LogP contribution in [0.1, 0.15) is 21.7 Å². The van der Waals surface area contributed by atoms with Gasteiger partial charge < -0.3 is 4.98 Å². The summed E-state index contributed by atoms with van der Waals surface area (Å²) in [5, 5.41) is 0. The van der Waals surface area contributed by atoms with Crippen LogP contribution in [0.25, 0.3) is 17.5 Å². The number of aromatic amines is 1. The molecule has 2 aromatic heterocycles. The van der Waals surface area contributed by atoms with E-state index >= 15 is 0 Å². The Labute approximate surface area is 128 Å². The number of hydrogen-bond acceptors (Lipinski definition) is 3. The van der Waals surface area contributed by atoms with Gasteiger partial charge in [0.1, 0.15) is 11.5 Å². The first-order valence-corrected chi connectivity index (χ1v) is 6.98. The molecule has 0 aliphatic heterocycles. The Morgan fingerprint density at radius 2 is 1.95 bits per heavy atom. The van der Waals surface area contributed by atoms with Gasteiger partial charge in [-0.25, -0.2) is 4.98 Å². The van der Waals surface area contributed by atoms with Gasteiger partial charge >= 0.3 is 0 Å². The number of imidazole rings is 1. The maximum atomic E-state index is 12.3. The second kappa shape index (κ2) is 6.18. The third-order valence-corrected chi connectivity index (χ3v) is 3.28. The van der Waals surface area contributed by atoms with Crippen LogP contribution in [0.2, 0.25) is 0 Å². The van der Waals surface area contributed by atoms with Crippen LogP contribution in [0.3, 0.4) is 0 Å².